The number of nitrogens with one attached hydrogen (secondary N) is 2. The van der Waals surface area contributed by atoms with Crippen molar-refractivity contribution in [3.8, 4) is 0 Å². The number of urea groups is 1. The normalized spacial score (nSPS) is 10.3. The third kappa shape index (κ3) is 3.96. The zero-order valence-corrected chi connectivity index (χ0v) is 12.3. The number of hydrogen-bond acceptors (Lipinski definition) is 3. The molecule has 5 nitrogen and oxygen atoms in total. The maximum Gasteiger partial charge on any atom is 0.338 e. The van der Waals surface area contributed by atoms with E-state index in [0.29, 0.717) is 11.5 Å². The monoisotopic (exact) mass is 284 g/mol. The molecule has 0 saturated heterocycles. The van der Waals surface area contributed by atoms with Gasteiger partial charge in [0.2, 0.25) is 0 Å². The van der Waals surface area contributed by atoms with Crippen LogP contribution in [0.25, 0.3) is 0 Å². The molecule has 0 aliphatic carbocycles. The van der Waals surface area contributed by atoms with Gasteiger partial charge >= 0.3 is 12.0 Å². The molecule has 0 saturated carbocycles. The van der Waals surface area contributed by atoms with Gasteiger partial charge in [0.05, 0.1) is 5.56 Å². The number of carboxylic acids is 1. The molecule has 0 fully saturated rings. The van der Waals surface area contributed by atoms with Crippen molar-refractivity contribution in [1.29, 1.82) is 0 Å². The van der Waals surface area contributed by atoms with Crippen molar-refractivity contribution in [3.05, 3.63) is 16.0 Å². The van der Waals surface area contributed by atoms with Crippen molar-refractivity contribution < 1.29 is 14.7 Å². The van der Waals surface area contributed by atoms with Gasteiger partial charge in [-0.3, -0.25) is 5.32 Å². The minimum absolute atomic E-state index is 0.201. The molecule has 1 rings (SSSR count). The summed E-state index contributed by atoms with van der Waals surface area (Å²) in [6, 6.07) is -0.347. The highest BCUT2D eigenvalue weighted by Gasteiger charge is 2.21. The molecule has 1 heterocycles. The standard InChI is InChI=1S/C13H20N2O3S/c1-4-6-7-14-13(18)15-11-10(12(16)17)8(3)9(5-2)19-11/h4-7H2,1-3H3,(H,16,17)(H2,14,15,18). The van der Waals surface area contributed by atoms with Gasteiger partial charge < -0.3 is 10.4 Å². The Morgan fingerprint density at radius 3 is 2.53 bits per heavy atom. The third-order valence-electron chi connectivity index (χ3n) is 2.82. The zero-order valence-electron chi connectivity index (χ0n) is 11.5. The molecule has 0 radical (unpaired) electrons. The van der Waals surface area contributed by atoms with E-state index in [-0.39, 0.29) is 11.6 Å². The van der Waals surface area contributed by atoms with Crippen molar-refractivity contribution in [3.63, 3.8) is 0 Å². The van der Waals surface area contributed by atoms with Gasteiger partial charge in [-0.1, -0.05) is 20.3 Å². The van der Waals surface area contributed by atoms with E-state index in [1.807, 2.05) is 13.8 Å². The van der Waals surface area contributed by atoms with Gasteiger partial charge in [-0.15, -0.1) is 11.3 Å². The molecule has 0 spiro atoms. The predicted octanol–water partition coefficient (Wildman–Crippen LogP) is 3.24. The lowest BCUT2D eigenvalue weighted by atomic mass is 10.1. The minimum Gasteiger partial charge on any atom is -0.478 e. The first-order valence-corrected chi connectivity index (χ1v) is 7.23. The molecule has 19 heavy (non-hydrogen) atoms. The van der Waals surface area contributed by atoms with E-state index < -0.39 is 5.97 Å². The third-order valence-corrected chi connectivity index (χ3v) is 4.18. The largest absolute Gasteiger partial charge is 0.478 e. The number of carbonyl (C=O) groups is 2. The first kappa shape index (κ1) is 15.5. The van der Waals surface area contributed by atoms with Crippen LogP contribution in [0.4, 0.5) is 9.80 Å². The number of rotatable bonds is 6. The maximum absolute atomic E-state index is 11.7. The van der Waals surface area contributed by atoms with Crippen LogP contribution in [0, 0.1) is 6.92 Å². The number of hydrogen-bond donors (Lipinski definition) is 3. The summed E-state index contributed by atoms with van der Waals surface area (Å²) in [6.07, 6.45) is 2.66. The fourth-order valence-corrected chi connectivity index (χ4v) is 2.90. The number of thiophene rings is 1. The summed E-state index contributed by atoms with van der Waals surface area (Å²) in [4.78, 5) is 23.9. The molecule has 3 N–H and O–H groups in total. The molecule has 0 unspecified atom stereocenters. The van der Waals surface area contributed by atoms with E-state index >= 15 is 0 Å². The van der Waals surface area contributed by atoms with Gasteiger partial charge in [0.25, 0.3) is 0 Å². The van der Waals surface area contributed by atoms with Crippen LogP contribution in [-0.4, -0.2) is 23.7 Å². The molecule has 1 aromatic rings. The van der Waals surface area contributed by atoms with E-state index in [0.717, 1.165) is 29.7 Å². The van der Waals surface area contributed by atoms with Crippen molar-refractivity contribution in [1.82, 2.24) is 5.32 Å². The fraction of sp³-hybridized carbons (Fsp3) is 0.538. The number of aryl methyl sites for hydroxylation is 1. The first-order valence-electron chi connectivity index (χ1n) is 6.41. The highest BCUT2D eigenvalue weighted by Crippen LogP contribution is 2.33. The number of unbranched alkanes of at least 4 members (excludes halogenated alkanes) is 1. The molecule has 0 aliphatic rings. The van der Waals surface area contributed by atoms with Crippen molar-refractivity contribution in [2.45, 2.75) is 40.0 Å². The van der Waals surface area contributed by atoms with Crippen LogP contribution in [0.5, 0.6) is 0 Å². The maximum atomic E-state index is 11.7. The summed E-state index contributed by atoms with van der Waals surface area (Å²) < 4.78 is 0. The molecular weight excluding hydrogens is 264 g/mol. The second-order valence-corrected chi connectivity index (χ2v) is 5.35. The Morgan fingerprint density at radius 2 is 2.00 bits per heavy atom. The minimum atomic E-state index is -1.00. The van der Waals surface area contributed by atoms with Crippen LogP contribution < -0.4 is 10.6 Å². The molecule has 0 bridgehead atoms. The number of carboxylic acid groups (broad SMARTS) is 1. The van der Waals surface area contributed by atoms with Crippen LogP contribution in [0.15, 0.2) is 0 Å². The second-order valence-electron chi connectivity index (χ2n) is 4.25. The summed E-state index contributed by atoms with van der Waals surface area (Å²) in [5.74, 6) is -1.00. The Bertz CT molecular complexity index is 469. The smallest absolute Gasteiger partial charge is 0.338 e. The van der Waals surface area contributed by atoms with Crippen LogP contribution in [0.1, 0.15) is 47.5 Å². The highest BCUT2D eigenvalue weighted by molar-refractivity contribution is 7.16. The summed E-state index contributed by atoms with van der Waals surface area (Å²) in [6.45, 7) is 6.38. The molecule has 2 amide bonds. The summed E-state index contributed by atoms with van der Waals surface area (Å²) in [5, 5.41) is 15.0. The average Bonchev–Trinajstić information content (AvgIpc) is 2.65. The predicted molar refractivity (Wildman–Crippen MR) is 77.3 cm³/mol. The summed E-state index contributed by atoms with van der Waals surface area (Å²) in [5.41, 5.74) is 0.941. The van der Waals surface area contributed by atoms with E-state index in [1.54, 1.807) is 6.92 Å². The van der Waals surface area contributed by atoms with Gasteiger partial charge in [0, 0.05) is 11.4 Å². The number of amides is 2. The first-order chi connectivity index (χ1) is 9.01. The van der Waals surface area contributed by atoms with Crippen molar-refractivity contribution in [2.24, 2.45) is 0 Å². The molecule has 0 aliphatic heterocycles. The van der Waals surface area contributed by atoms with Crippen LogP contribution in [0.2, 0.25) is 0 Å². The van der Waals surface area contributed by atoms with Gasteiger partial charge in [0.15, 0.2) is 0 Å². The topological polar surface area (TPSA) is 78.4 Å². The Morgan fingerprint density at radius 1 is 1.32 bits per heavy atom. The Kier molecular flexibility index (Phi) is 5.82. The lowest BCUT2D eigenvalue weighted by Crippen LogP contribution is -2.29. The molecule has 1 aromatic heterocycles. The highest BCUT2D eigenvalue weighted by atomic mass is 32.1. The fourth-order valence-electron chi connectivity index (χ4n) is 1.77. The van der Waals surface area contributed by atoms with E-state index in [1.165, 1.54) is 11.3 Å². The summed E-state index contributed by atoms with van der Waals surface area (Å²) in [7, 11) is 0. The van der Waals surface area contributed by atoms with Gasteiger partial charge in [0.1, 0.15) is 5.00 Å². The molecular formula is C13H20N2O3S. The molecule has 0 atom stereocenters. The lowest BCUT2D eigenvalue weighted by Gasteiger charge is -2.06. The number of aromatic carboxylic acids is 1. The van der Waals surface area contributed by atoms with Crippen LogP contribution in [-0.2, 0) is 6.42 Å². The quantitative estimate of drug-likeness (QED) is 0.702. The molecule has 0 aromatic carbocycles. The van der Waals surface area contributed by atoms with Crippen LogP contribution in [0.3, 0.4) is 0 Å². The van der Waals surface area contributed by atoms with Gasteiger partial charge in [-0.2, -0.15) is 0 Å². The zero-order chi connectivity index (χ0) is 14.4. The van der Waals surface area contributed by atoms with E-state index in [4.69, 9.17) is 0 Å². The van der Waals surface area contributed by atoms with E-state index in [2.05, 4.69) is 10.6 Å². The Balaban J connectivity index is 2.82. The SMILES string of the molecule is CCCCNC(=O)Nc1sc(CC)c(C)c1C(=O)O. The molecule has 6 heteroatoms. The summed E-state index contributed by atoms with van der Waals surface area (Å²) >= 11 is 1.33. The Labute approximate surface area is 117 Å². The Hall–Kier alpha value is -1.56. The van der Waals surface area contributed by atoms with Crippen LogP contribution >= 0.6 is 11.3 Å². The number of anilines is 1. The van der Waals surface area contributed by atoms with Gasteiger partial charge in [-0.25, -0.2) is 9.59 Å². The molecule has 106 valence electrons. The second kappa shape index (κ2) is 7.13. The van der Waals surface area contributed by atoms with E-state index in [9.17, 15) is 14.7 Å². The van der Waals surface area contributed by atoms with Crippen molar-refractivity contribution >= 4 is 28.3 Å². The average molecular weight is 284 g/mol. The van der Waals surface area contributed by atoms with Gasteiger partial charge in [-0.05, 0) is 25.3 Å². The number of carbonyl (C=O) groups excluding carboxylic acids is 1. The van der Waals surface area contributed by atoms with Crippen molar-refractivity contribution in [2.75, 3.05) is 11.9 Å². The lowest BCUT2D eigenvalue weighted by molar-refractivity contribution is 0.0697.